The van der Waals surface area contributed by atoms with Crippen molar-refractivity contribution in [2.45, 2.75) is 45.6 Å². The van der Waals surface area contributed by atoms with Gasteiger partial charge in [-0.25, -0.2) is 10.0 Å². The second-order valence-corrected chi connectivity index (χ2v) is 7.48. The van der Waals surface area contributed by atoms with E-state index in [2.05, 4.69) is 6.92 Å². The summed E-state index contributed by atoms with van der Waals surface area (Å²) in [4.78, 5) is 26.4. The van der Waals surface area contributed by atoms with Crippen LogP contribution >= 0.6 is 0 Å². The Morgan fingerprint density at radius 2 is 1.67 bits per heavy atom. The van der Waals surface area contributed by atoms with Crippen molar-refractivity contribution in [3.63, 3.8) is 0 Å². The molecule has 0 aliphatic carbocycles. The number of phenols is 1. The lowest BCUT2D eigenvalue weighted by atomic mass is 10.1. The monoisotopic (exact) mass is 404 g/mol. The van der Waals surface area contributed by atoms with Gasteiger partial charge < -0.3 is 5.11 Å². The summed E-state index contributed by atoms with van der Waals surface area (Å²) in [5.41, 5.74) is 1.70. The molecule has 0 radical (unpaired) electrons. The van der Waals surface area contributed by atoms with Gasteiger partial charge in [0, 0.05) is 0 Å². The standard InChI is InChI=1S/C25H28N2O3/c1-3-4-6-10-19(2)26-24(29)23(14-9-11-20-15-17-22(28)18-16-20)25(30)27(26)21-12-7-5-8-13-21/h5,7-9,11-19,28H,3-4,6,10H2,1-2H3/b11-9+,23-14+. The van der Waals surface area contributed by atoms with Gasteiger partial charge in [0.15, 0.2) is 0 Å². The molecule has 1 atom stereocenters. The quantitative estimate of drug-likeness (QED) is 0.379. The van der Waals surface area contributed by atoms with Crippen molar-refractivity contribution >= 4 is 23.6 Å². The molecule has 5 heteroatoms. The van der Waals surface area contributed by atoms with Crippen LogP contribution in [0.3, 0.4) is 0 Å². The molecule has 2 aromatic carbocycles. The first-order valence-electron chi connectivity index (χ1n) is 10.4. The Morgan fingerprint density at radius 3 is 2.33 bits per heavy atom. The van der Waals surface area contributed by atoms with Crippen LogP contribution in [0.4, 0.5) is 5.69 Å². The van der Waals surface area contributed by atoms with Crippen molar-refractivity contribution in [1.82, 2.24) is 5.01 Å². The zero-order valence-electron chi connectivity index (χ0n) is 17.5. The van der Waals surface area contributed by atoms with E-state index in [1.165, 1.54) is 5.01 Å². The van der Waals surface area contributed by atoms with Crippen LogP contribution in [-0.2, 0) is 9.59 Å². The maximum atomic E-state index is 13.2. The molecular weight excluding hydrogens is 376 g/mol. The molecule has 1 aliphatic rings. The minimum absolute atomic E-state index is 0.0832. The number of carbonyl (C=O) groups is 2. The summed E-state index contributed by atoms with van der Waals surface area (Å²) >= 11 is 0. The zero-order chi connectivity index (χ0) is 21.5. The number of hydrazine groups is 1. The van der Waals surface area contributed by atoms with E-state index in [0.717, 1.165) is 31.2 Å². The zero-order valence-corrected chi connectivity index (χ0v) is 17.5. The molecule has 0 aromatic heterocycles. The van der Waals surface area contributed by atoms with Crippen LogP contribution < -0.4 is 5.01 Å². The molecule has 2 aromatic rings. The largest absolute Gasteiger partial charge is 0.508 e. The number of anilines is 1. The fraction of sp³-hybridized carbons (Fsp3) is 0.280. The molecule has 1 saturated heterocycles. The highest BCUT2D eigenvalue weighted by Gasteiger charge is 2.43. The average Bonchev–Trinajstić information content (AvgIpc) is 3.00. The summed E-state index contributed by atoms with van der Waals surface area (Å²) < 4.78 is 0. The van der Waals surface area contributed by atoms with Crippen molar-refractivity contribution in [3.05, 3.63) is 77.9 Å². The van der Waals surface area contributed by atoms with E-state index in [-0.39, 0.29) is 29.2 Å². The van der Waals surface area contributed by atoms with Gasteiger partial charge in [0.25, 0.3) is 11.8 Å². The summed E-state index contributed by atoms with van der Waals surface area (Å²) in [6, 6.07) is 15.9. The van der Waals surface area contributed by atoms with Gasteiger partial charge in [-0.05, 0) is 49.2 Å². The third kappa shape index (κ3) is 4.79. The molecule has 2 amide bonds. The Hall–Kier alpha value is -3.34. The molecule has 156 valence electrons. The lowest BCUT2D eigenvalue weighted by molar-refractivity contribution is -0.127. The van der Waals surface area contributed by atoms with Crippen molar-refractivity contribution in [2.75, 3.05) is 5.01 Å². The fourth-order valence-corrected chi connectivity index (χ4v) is 3.52. The number of carbonyl (C=O) groups excluding carboxylic acids is 2. The maximum Gasteiger partial charge on any atom is 0.282 e. The number of amides is 2. The number of phenolic OH excluding ortho intramolecular Hbond substituents is 1. The molecule has 1 unspecified atom stereocenters. The smallest absolute Gasteiger partial charge is 0.282 e. The highest BCUT2D eigenvalue weighted by Crippen LogP contribution is 2.30. The number of nitrogens with zero attached hydrogens (tertiary/aromatic N) is 2. The number of para-hydroxylation sites is 1. The van der Waals surface area contributed by atoms with E-state index in [0.29, 0.717) is 5.69 Å². The number of allylic oxidation sites excluding steroid dienone is 2. The van der Waals surface area contributed by atoms with E-state index in [1.54, 1.807) is 47.5 Å². The van der Waals surface area contributed by atoms with Crippen LogP contribution in [0.2, 0.25) is 0 Å². The van der Waals surface area contributed by atoms with Crippen LogP contribution in [0.1, 0.15) is 45.1 Å². The molecule has 1 heterocycles. The van der Waals surface area contributed by atoms with E-state index < -0.39 is 0 Å². The maximum absolute atomic E-state index is 13.2. The molecule has 30 heavy (non-hydrogen) atoms. The Bertz CT molecular complexity index is 933. The average molecular weight is 405 g/mol. The van der Waals surface area contributed by atoms with Gasteiger partial charge in [-0.1, -0.05) is 68.7 Å². The summed E-state index contributed by atoms with van der Waals surface area (Å²) in [6.07, 6.45) is 9.13. The van der Waals surface area contributed by atoms with Gasteiger partial charge >= 0.3 is 0 Å². The number of rotatable bonds is 8. The molecule has 5 nitrogen and oxygen atoms in total. The molecule has 0 saturated carbocycles. The van der Waals surface area contributed by atoms with Crippen molar-refractivity contribution < 1.29 is 14.7 Å². The summed E-state index contributed by atoms with van der Waals surface area (Å²) in [6.45, 7) is 4.14. The Balaban J connectivity index is 1.88. The molecule has 1 aliphatic heterocycles. The lowest BCUT2D eigenvalue weighted by Crippen LogP contribution is -2.46. The highest BCUT2D eigenvalue weighted by atomic mass is 16.3. The molecule has 1 N–H and O–H groups in total. The van der Waals surface area contributed by atoms with Crippen LogP contribution in [0.25, 0.3) is 6.08 Å². The van der Waals surface area contributed by atoms with Gasteiger partial charge in [0.05, 0.1) is 11.7 Å². The van der Waals surface area contributed by atoms with E-state index >= 15 is 0 Å². The van der Waals surface area contributed by atoms with Crippen molar-refractivity contribution in [1.29, 1.82) is 0 Å². The Kier molecular flexibility index (Phi) is 7.07. The molecule has 0 spiro atoms. The number of aromatic hydroxyl groups is 1. The fourth-order valence-electron chi connectivity index (χ4n) is 3.52. The summed E-state index contributed by atoms with van der Waals surface area (Å²) in [5.74, 6) is -0.398. The van der Waals surface area contributed by atoms with E-state index in [1.807, 2.05) is 37.3 Å². The SMILES string of the molecule is CCCCCC(C)N1C(=O)/C(=C\C=C\c2ccc(O)cc2)C(=O)N1c1ccccc1. The molecular formula is C25H28N2O3. The Labute approximate surface area is 177 Å². The second-order valence-electron chi connectivity index (χ2n) is 7.48. The number of benzene rings is 2. The van der Waals surface area contributed by atoms with Gasteiger partial charge in [0.1, 0.15) is 11.3 Å². The van der Waals surface area contributed by atoms with Crippen LogP contribution in [0, 0.1) is 0 Å². The minimum atomic E-state index is -0.316. The van der Waals surface area contributed by atoms with Gasteiger partial charge in [-0.2, -0.15) is 0 Å². The second kappa shape index (κ2) is 9.92. The Morgan fingerprint density at radius 1 is 0.967 bits per heavy atom. The molecule has 3 rings (SSSR count). The van der Waals surface area contributed by atoms with Gasteiger partial charge in [0.2, 0.25) is 0 Å². The summed E-state index contributed by atoms with van der Waals surface area (Å²) in [7, 11) is 0. The first-order chi connectivity index (χ1) is 14.5. The van der Waals surface area contributed by atoms with Crippen LogP contribution in [0.15, 0.2) is 72.3 Å². The first-order valence-corrected chi connectivity index (χ1v) is 10.4. The number of hydrogen-bond acceptors (Lipinski definition) is 3. The number of unbranched alkanes of at least 4 members (excludes halogenated alkanes) is 2. The van der Waals surface area contributed by atoms with Crippen molar-refractivity contribution in [3.8, 4) is 5.75 Å². The number of hydrogen-bond donors (Lipinski definition) is 1. The van der Waals surface area contributed by atoms with Crippen LogP contribution in [0.5, 0.6) is 5.75 Å². The van der Waals surface area contributed by atoms with Crippen LogP contribution in [-0.4, -0.2) is 28.0 Å². The lowest BCUT2D eigenvalue weighted by Gasteiger charge is -2.32. The third-order valence-corrected chi connectivity index (χ3v) is 5.17. The predicted octanol–water partition coefficient (Wildman–Crippen LogP) is 5.09. The molecule has 0 bridgehead atoms. The molecule has 1 fully saturated rings. The normalized spacial score (nSPS) is 16.8. The van der Waals surface area contributed by atoms with Gasteiger partial charge in [-0.3, -0.25) is 9.59 Å². The third-order valence-electron chi connectivity index (χ3n) is 5.17. The summed E-state index contributed by atoms with van der Waals surface area (Å²) in [5, 5.41) is 12.5. The minimum Gasteiger partial charge on any atom is -0.508 e. The van der Waals surface area contributed by atoms with E-state index in [9.17, 15) is 14.7 Å². The predicted molar refractivity (Wildman–Crippen MR) is 120 cm³/mol. The van der Waals surface area contributed by atoms with Crippen molar-refractivity contribution in [2.24, 2.45) is 0 Å². The van der Waals surface area contributed by atoms with E-state index in [4.69, 9.17) is 0 Å². The first kappa shape index (κ1) is 21.4. The highest BCUT2D eigenvalue weighted by molar-refractivity contribution is 6.29. The van der Waals surface area contributed by atoms with Gasteiger partial charge in [-0.15, -0.1) is 0 Å². The topological polar surface area (TPSA) is 60.9 Å².